The van der Waals surface area contributed by atoms with E-state index >= 15 is 0 Å². The Balaban J connectivity index is 2.39. The fraction of sp³-hybridized carbons (Fsp3) is 0.143. The van der Waals surface area contributed by atoms with Crippen molar-refractivity contribution in [1.29, 1.82) is 0 Å². The molecule has 0 spiro atoms. The van der Waals surface area contributed by atoms with Gasteiger partial charge in [0.25, 0.3) is 0 Å². The zero-order valence-electron chi connectivity index (χ0n) is 10.8. The second-order valence-electron chi connectivity index (χ2n) is 4.51. The summed E-state index contributed by atoms with van der Waals surface area (Å²) in [6.45, 7) is 1.86. The van der Waals surface area contributed by atoms with Gasteiger partial charge in [0, 0.05) is 15.7 Å². The molecule has 7 heteroatoms. The van der Waals surface area contributed by atoms with Crippen molar-refractivity contribution in [2.75, 3.05) is 0 Å². The minimum Gasteiger partial charge on any atom is -0.278 e. The summed E-state index contributed by atoms with van der Waals surface area (Å²) in [4.78, 5) is 8.92. The third kappa shape index (κ3) is 2.78. The van der Waals surface area contributed by atoms with Crippen LogP contribution in [0.4, 0.5) is 0 Å². The lowest BCUT2D eigenvalue weighted by Gasteiger charge is -2.12. The van der Waals surface area contributed by atoms with Crippen molar-refractivity contribution in [2.24, 2.45) is 0 Å². The topological polar surface area (TPSA) is 30.7 Å². The molecule has 2 heterocycles. The fourth-order valence-corrected chi connectivity index (χ4v) is 3.01. The summed E-state index contributed by atoms with van der Waals surface area (Å²) < 4.78 is 2.76. The van der Waals surface area contributed by atoms with Gasteiger partial charge in [-0.25, -0.2) is 9.97 Å². The Kier molecular flexibility index (Phi) is 4.14. The van der Waals surface area contributed by atoms with E-state index in [9.17, 15) is 0 Å². The van der Waals surface area contributed by atoms with Crippen molar-refractivity contribution in [3.05, 3.63) is 50.8 Å². The van der Waals surface area contributed by atoms with Crippen LogP contribution in [0.15, 0.2) is 34.9 Å². The molecule has 0 saturated carbocycles. The smallest absolute Gasteiger partial charge is 0.164 e. The molecule has 0 radical (unpaired) electrons. The number of benzene rings is 1. The number of nitrogens with zero attached hydrogens (tertiary/aromatic N) is 3. The van der Waals surface area contributed by atoms with E-state index in [2.05, 4.69) is 25.9 Å². The van der Waals surface area contributed by atoms with Crippen LogP contribution in [0.3, 0.4) is 0 Å². The lowest BCUT2D eigenvalue weighted by Crippen LogP contribution is -2.03. The zero-order chi connectivity index (χ0) is 15.1. The van der Waals surface area contributed by atoms with E-state index in [0.717, 1.165) is 10.2 Å². The molecule has 0 fully saturated rings. The average molecular weight is 406 g/mol. The Morgan fingerprint density at radius 1 is 1.19 bits per heavy atom. The summed E-state index contributed by atoms with van der Waals surface area (Å²) in [7, 11) is 0. The summed E-state index contributed by atoms with van der Waals surface area (Å²) in [6, 6.07) is 7.29. The largest absolute Gasteiger partial charge is 0.278 e. The molecule has 1 unspecified atom stereocenters. The Bertz CT molecular complexity index is 830. The predicted octanol–water partition coefficient (Wildman–Crippen LogP) is 5.79. The molecule has 0 saturated heterocycles. The van der Waals surface area contributed by atoms with E-state index in [1.165, 1.54) is 0 Å². The number of hydrogen-bond donors (Lipinski definition) is 0. The maximum absolute atomic E-state index is 6.27. The fourth-order valence-electron chi connectivity index (χ4n) is 2.12. The number of alkyl halides is 1. The number of fused-ring (bicyclic) bond motifs is 1. The van der Waals surface area contributed by atoms with Crippen LogP contribution in [0.1, 0.15) is 18.1 Å². The van der Waals surface area contributed by atoms with Crippen molar-refractivity contribution >= 4 is 61.9 Å². The average Bonchev–Trinajstić information content (AvgIpc) is 2.80. The van der Waals surface area contributed by atoms with Crippen LogP contribution < -0.4 is 0 Å². The van der Waals surface area contributed by atoms with E-state index in [1.54, 1.807) is 12.3 Å². The molecule has 3 rings (SSSR count). The minimum absolute atomic E-state index is 0.288. The number of halogens is 4. The van der Waals surface area contributed by atoms with Gasteiger partial charge in [0.1, 0.15) is 11.3 Å². The number of aromatic nitrogens is 3. The van der Waals surface area contributed by atoms with Gasteiger partial charge in [-0.1, -0.05) is 23.2 Å². The molecule has 0 bridgehead atoms. The molecule has 2 aromatic heterocycles. The highest BCUT2D eigenvalue weighted by molar-refractivity contribution is 9.10. The SMILES string of the molecule is CC(Cl)c1nc2cc(Cl)cnc2n1-c1cc(Cl)ccc1Br. The molecule has 0 aliphatic carbocycles. The van der Waals surface area contributed by atoms with Crippen LogP contribution in [-0.4, -0.2) is 14.5 Å². The Morgan fingerprint density at radius 2 is 1.95 bits per heavy atom. The third-order valence-electron chi connectivity index (χ3n) is 2.99. The molecule has 1 aromatic carbocycles. The van der Waals surface area contributed by atoms with Gasteiger partial charge in [0.15, 0.2) is 5.65 Å². The van der Waals surface area contributed by atoms with Crippen molar-refractivity contribution < 1.29 is 0 Å². The summed E-state index contributed by atoms with van der Waals surface area (Å²) in [5, 5.41) is 0.868. The number of imidazole rings is 1. The number of rotatable bonds is 2. The third-order valence-corrected chi connectivity index (χ3v) is 4.30. The molecule has 3 nitrogen and oxygen atoms in total. The Morgan fingerprint density at radius 3 is 2.67 bits per heavy atom. The lowest BCUT2D eigenvalue weighted by atomic mass is 10.3. The molecule has 0 amide bonds. The highest BCUT2D eigenvalue weighted by Crippen LogP contribution is 2.32. The van der Waals surface area contributed by atoms with Crippen molar-refractivity contribution in [3.63, 3.8) is 0 Å². The van der Waals surface area contributed by atoms with Gasteiger partial charge in [0.05, 0.1) is 16.1 Å². The highest BCUT2D eigenvalue weighted by atomic mass is 79.9. The first kappa shape index (κ1) is 15.1. The quantitative estimate of drug-likeness (QED) is 0.505. The van der Waals surface area contributed by atoms with Crippen LogP contribution in [0.5, 0.6) is 0 Å². The van der Waals surface area contributed by atoms with Crippen LogP contribution in [0, 0.1) is 0 Å². The van der Waals surface area contributed by atoms with Crippen molar-refractivity contribution in [1.82, 2.24) is 14.5 Å². The second kappa shape index (κ2) is 5.76. The predicted molar refractivity (Wildman–Crippen MR) is 90.9 cm³/mol. The summed E-state index contributed by atoms with van der Waals surface area (Å²) >= 11 is 21.9. The van der Waals surface area contributed by atoms with E-state index < -0.39 is 0 Å². The zero-order valence-corrected chi connectivity index (χ0v) is 14.7. The lowest BCUT2D eigenvalue weighted by molar-refractivity contribution is 0.874. The van der Waals surface area contributed by atoms with E-state index in [1.807, 2.05) is 29.7 Å². The van der Waals surface area contributed by atoms with Crippen LogP contribution in [-0.2, 0) is 0 Å². The van der Waals surface area contributed by atoms with Crippen LogP contribution in [0.2, 0.25) is 10.0 Å². The molecule has 1 atom stereocenters. The Labute approximate surface area is 145 Å². The van der Waals surface area contributed by atoms with Gasteiger partial charge in [-0.15, -0.1) is 11.6 Å². The molecule has 3 aromatic rings. The van der Waals surface area contributed by atoms with Crippen LogP contribution in [0.25, 0.3) is 16.9 Å². The van der Waals surface area contributed by atoms with Gasteiger partial charge < -0.3 is 0 Å². The molecule has 0 aliphatic rings. The number of pyridine rings is 1. The normalized spacial score (nSPS) is 12.8. The molecule has 108 valence electrons. The minimum atomic E-state index is -0.288. The molecular weight excluding hydrogens is 396 g/mol. The summed E-state index contributed by atoms with van der Waals surface area (Å²) in [5.41, 5.74) is 2.21. The summed E-state index contributed by atoms with van der Waals surface area (Å²) in [5.74, 6) is 0.685. The number of hydrogen-bond acceptors (Lipinski definition) is 2. The monoisotopic (exact) mass is 403 g/mol. The first-order valence-corrected chi connectivity index (χ1v) is 8.09. The maximum Gasteiger partial charge on any atom is 0.164 e. The summed E-state index contributed by atoms with van der Waals surface area (Å²) in [6.07, 6.45) is 1.59. The first-order valence-electron chi connectivity index (χ1n) is 6.11. The van der Waals surface area contributed by atoms with Crippen molar-refractivity contribution in [3.8, 4) is 5.69 Å². The van der Waals surface area contributed by atoms with Gasteiger partial charge >= 0.3 is 0 Å². The maximum atomic E-state index is 6.27. The molecule has 21 heavy (non-hydrogen) atoms. The van der Waals surface area contributed by atoms with Gasteiger partial charge in [-0.2, -0.15) is 0 Å². The highest BCUT2D eigenvalue weighted by Gasteiger charge is 2.19. The van der Waals surface area contributed by atoms with E-state index in [0.29, 0.717) is 27.0 Å². The van der Waals surface area contributed by atoms with Gasteiger partial charge in [-0.05, 0) is 47.1 Å². The van der Waals surface area contributed by atoms with E-state index in [4.69, 9.17) is 34.8 Å². The second-order valence-corrected chi connectivity index (χ2v) is 6.90. The Hall–Kier alpha value is -0.810. The van der Waals surface area contributed by atoms with Gasteiger partial charge in [-0.3, -0.25) is 4.57 Å². The van der Waals surface area contributed by atoms with Crippen LogP contribution >= 0.6 is 50.7 Å². The standard InChI is InChI=1S/C14H9BrCl3N3/c1-7(16)13-20-11-4-9(18)6-19-14(11)21(13)12-5-8(17)2-3-10(12)15/h2-7H,1H3. The first-order chi connectivity index (χ1) is 9.97. The molecule has 0 N–H and O–H groups in total. The van der Waals surface area contributed by atoms with Crippen molar-refractivity contribution in [2.45, 2.75) is 12.3 Å². The van der Waals surface area contributed by atoms with Gasteiger partial charge in [0.2, 0.25) is 0 Å². The van der Waals surface area contributed by atoms with E-state index in [-0.39, 0.29) is 5.38 Å². The molecular formula is C14H9BrCl3N3. The molecule has 0 aliphatic heterocycles.